The Morgan fingerprint density at radius 1 is 1.44 bits per heavy atom. The van der Waals surface area contributed by atoms with E-state index in [1.807, 2.05) is 6.26 Å². The van der Waals surface area contributed by atoms with Crippen molar-refractivity contribution in [3.63, 3.8) is 0 Å². The Labute approximate surface area is 108 Å². The van der Waals surface area contributed by atoms with Gasteiger partial charge in [0, 0.05) is 12.4 Å². The molecule has 1 aromatic rings. The summed E-state index contributed by atoms with van der Waals surface area (Å²) in [5.74, 6) is -0.281. The Morgan fingerprint density at radius 3 is 2.67 bits per heavy atom. The Morgan fingerprint density at radius 2 is 2.11 bits per heavy atom. The molecule has 1 heterocycles. The topological polar surface area (TPSA) is 104 Å². The molecule has 8 heteroatoms. The van der Waals surface area contributed by atoms with Crippen LogP contribution in [0.2, 0.25) is 0 Å². The highest BCUT2D eigenvalue weighted by Gasteiger charge is 2.19. The number of urea groups is 1. The summed E-state index contributed by atoms with van der Waals surface area (Å²) < 4.78 is 0. The van der Waals surface area contributed by atoms with Crippen LogP contribution in [-0.4, -0.2) is 45.1 Å². The highest BCUT2D eigenvalue weighted by Crippen LogP contribution is 2.02. The maximum absolute atomic E-state index is 11.5. The van der Waals surface area contributed by atoms with E-state index >= 15 is 0 Å². The number of carboxylic acid groups (broad SMARTS) is 1. The molecule has 0 aliphatic rings. The van der Waals surface area contributed by atoms with Crippen molar-refractivity contribution in [2.45, 2.75) is 12.5 Å². The molecule has 0 unspecified atom stereocenters. The Kier molecular flexibility index (Phi) is 5.92. The fraction of sp³-hybridized carbons (Fsp3) is 0.400. The lowest BCUT2D eigenvalue weighted by Crippen LogP contribution is -2.43. The van der Waals surface area contributed by atoms with Crippen LogP contribution in [-0.2, 0) is 4.79 Å². The summed E-state index contributed by atoms with van der Waals surface area (Å²) in [5.41, 5.74) is 0. The lowest BCUT2D eigenvalue weighted by Gasteiger charge is -2.13. The van der Waals surface area contributed by atoms with Crippen molar-refractivity contribution in [3.05, 3.63) is 18.5 Å². The Balaban J connectivity index is 2.48. The van der Waals surface area contributed by atoms with E-state index in [2.05, 4.69) is 20.6 Å². The number of thioether (sulfide) groups is 1. The molecule has 0 radical (unpaired) electrons. The molecule has 0 saturated heterocycles. The third-order valence-electron chi connectivity index (χ3n) is 2.01. The number of nitrogens with zero attached hydrogens (tertiary/aromatic N) is 2. The van der Waals surface area contributed by atoms with Crippen LogP contribution in [0.1, 0.15) is 6.42 Å². The van der Waals surface area contributed by atoms with Gasteiger partial charge in [0.05, 0.1) is 0 Å². The summed E-state index contributed by atoms with van der Waals surface area (Å²) in [6, 6.07) is 0.0672. The van der Waals surface area contributed by atoms with E-state index in [-0.39, 0.29) is 5.95 Å². The van der Waals surface area contributed by atoms with E-state index in [4.69, 9.17) is 5.11 Å². The van der Waals surface area contributed by atoms with Gasteiger partial charge in [0.2, 0.25) is 5.95 Å². The molecule has 1 rings (SSSR count). The number of amides is 2. The first-order chi connectivity index (χ1) is 8.63. The van der Waals surface area contributed by atoms with E-state index in [9.17, 15) is 9.59 Å². The van der Waals surface area contributed by atoms with Gasteiger partial charge in [0.25, 0.3) is 0 Å². The molecule has 1 atom stereocenters. The summed E-state index contributed by atoms with van der Waals surface area (Å²) >= 11 is 1.52. The molecule has 7 nitrogen and oxygen atoms in total. The Hall–Kier alpha value is -1.83. The number of rotatable bonds is 6. The van der Waals surface area contributed by atoms with Gasteiger partial charge < -0.3 is 10.4 Å². The number of aromatic nitrogens is 2. The van der Waals surface area contributed by atoms with Crippen LogP contribution in [0, 0.1) is 0 Å². The largest absolute Gasteiger partial charge is 0.480 e. The summed E-state index contributed by atoms with van der Waals surface area (Å²) in [6.45, 7) is 0. The van der Waals surface area contributed by atoms with Gasteiger partial charge in [-0.15, -0.1) is 0 Å². The van der Waals surface area contributed by atoms with E-state index < -0.39 is 18.0 Å². The van der Waals surface area contributed by atoms with E-state index in [1.54, 1.807) is 6.07 Å². The predicted octanol–water partition coefficient (Wildman–Crippen LogP) is 0.804. The fourth-order valence-corrected chi connectivity index (χ4v) is 1.62. The molecule has 1 aromatic heterocycles. The van der Waals surface area contributed by atoms with Gasteiger partial charge in [-0.1, -0.05) is 0 Å². The quantitative estimate of drug-likeness (QED) is 0.706. The van der Waals surface area contributed by atoms with Crippen LogP contribution < -0.4 is 10.6 Å². The summed E-state index contributed by atoms with van der Waals surface area (Å²) in [6.07, 6.45) is 5.19. The smallest absolute Gasteiger partial charge is 0.326 e. The number of hydrogen-bond acceptors (Lipinski definition) is 5. The lowest BCUT2D eigenvalue weighted by molar-refractivity contribution is -0.139. The van der Waals surface area contributed by atoms with Crippen LogP contribution in [0.3, 0.4) is 0 Å². The highest BCUT2D eigenvalue weighted by atomic mass is 32.2. The summed E-state index contributed by atoms with van der Waals surface area (Å²) in [4.78, 5) is 30.0. The number of aliphatic carboxylic acids is 1. The maximum Gasteiger partial charge on any atom is 0.326 e. The number of anilines is 1. The molecule has 0 aliphatic heterocycles. The van der Waals surface area contributed by atoms with Crippen molar-refractivity contribution in [1.29, 1.82) is 0 Å². The zero-order valence-electron chi connectivity index (χ0n) is 9.79. The van der Waals surface area contributed by atoms with Crippen LogP contribution in [0.4, 0.5) is 10.7 Å². The monoisotopic (exact) mass is 270 g/mol. The third-order valence-corrected chi connectivity index (χ3v) is 2.65. The van der Waals surface area contributed by atoms with Gasteiger partial charge in [-0.2, -0.15) is 11.8 Å². The first-order valence-corrected chi connectivity index (χ1v) is 6.59. The molecular formula is C10H14N4O3S. The number of carboxylic acids is 1. The van der Waals surface area contributed by atoms with Gasteiger partial charge in [-0.25, -0.2) is 19.6 Å². The summed E-state index contributed by atoms with van der Waals surface area (Å²) in [7, 11) is 0. The van der Waals surface area contributed by atoms with Crippen molar-refractivity contribution in [1.82, 2.24) is 15.3 Å². The second-order valence-electron chi connectivity index (χ2n) is 3.34. The second-order valence-corrected chi connectivity index (χ2v) is 4.33. The van der Waals surface area contributed by atoms with Crippen molar-refractivity contribution in [2.75, 3.05) is 17.3 Å². The Bertz CT molecular complexity index is 401. The first-order valence-electron chi connectivity index (χ1n) is 5.19. The van der Waals surface area contributed by atoms with Crippen molar-refractivity contribution >= 4 is 29.7 Å². The van der Waals surface area contributed by atoms with E-state index in [1.165, 1.54) is 24.2 Å². The minimum atomic E-state index is -1.06. The number of carbonyl (C=O) groups excluding carboxylic acids is 1. The minimum absolute atomic E-state index is 0.129. The predicted molar refractivity (Wildman–Crippen MR) is 68.6 cm³/mol. The number of nitrogens with one attached hydrogen (secondary N) is 2. The van der Waals surface area contributed by atoms with Gasteiger partial charge in [0.1, 0.15) is 6.04 Å². The van der Waals surface area contributed by atoms with Crippen molar-refractivity contribution < 1.29 is 14.7 Å². The van der Waals surface area contributed by atoms with Crippen LogP contribution in [0.15, 0.2) is 18.5 Å². The van der Waals surface area contributed by atoms with Crippen LogP contribution in [0.25, 0.3) is 0 Å². The zero-order valence-corrected chi connectivity index (χ0v) is 10.6. The molecule has 0 aromatic carbocycles. The molecule has 3 N–H and O–H groups in total. The highest BCUT2D eigenvalue weighted by molar-refractivity contribution is 7.98. The second kappa shape index (κ2) is 7.49. The summed E-state index contributed by atoms with van der Waals surface area (Å²) in [5, 5.41) is 13.6. The van der Waals surface area contributed by atoms with Gasteiger partial charge in [0.15, 0.2) is 0 Å². The maximum atomic E-state index is 11.5. The molecule has 0 spiro atoms. The minimum Gasteiger partial charge on any atom is -0.480 e. The van der Waals surface area contributed by atoms with Crippen molar-refractivity contribution in [3.8, 4) is 0 Å². The molecule has 0 fully saturated rings. The van der Waals surface area contributed by atoms with Crippen LogP contribution >= 0.6 is 11.8 Å². The van der Waals surface area contributed by atoms with Gasteiger partial charge in [-0.3, -0.25) is 5.32 Å². The van der Waals surface area contributed by atoms with E-state index in [0.717, 1.165) is 0 Å². The van der Waals surface area contributed by atoms with Gasteiger partial charge in [-0.05, 0) is 24.5 Å². The molecule has 0 aliphatic carbocycles. The third kappa shape index (κ3) is 5.00. The molecule has 0 saturated carbocycles. The standard InChI is InChI=1S/C10H14N4O3S/c1-18-6-3-7(8(15)16)13-10(17)14-9-11-4-2-5-12-9/h2,4-5,7H,3,6H2,1H3,(H,15,16)(H2,11,12,13,14,17)/t7-/m1/s1. The van der Waals surface area contributed by atoms with Gasteiger partial charge >= 0.3 is 12.0 Å². The van der Waals surface area contributed by atoms with Crippen LogP contribution in [0.5, 0.6) is 0 Å². The molecule has 2 amide bonds. The van der Waals surface area contributed by atoms with Crippen molar-refractivity contribution in [2.24, 2.45) is 0 Å². The number of hydrogen-bond donors (Lipinski definition) is 3. The molecular weight excluding hydrogens is 256 g/mol. The zero-order chi connectivity index (χ0) is 13.4. The SMILES string of the molecule is CSCC[C@@H](NC(=O)Nc1ncccn1)C(=O)O. The van der Waals surface area contributed by atoms with E-state index in [0.29, 0.717) is 12.2 Å². The molecule has 0 bridgehead atoms. The fourth-order valence-electron chi connectivity index (χ4n) is 1.15. The first kappa shape index (κ1) is 14.2. The molecule has 18 heavy (non-hydrogen) atoms. The number of carbonyl (C=O) groups is 2. The molecule has 98 valence electrons. The average molecular weight is 270 g/mol. The lowest BCUT2D eigenvalue weighted by atomic mass is 10.2. The average Bonchev–Trinajstić information content (AvgIpc) is 2.35. The normalized spacial score (nSPS) is 11.6.